The van der Waals surface area contributed by atoms with Gasteiger partial charge in [0.2, 0.25) is 0 Å². The van der Waals surface area contributed by atoms with Gasteiger partial charge in [0, 0.05) is 11.0 Å². The maximum atomic E-state index is 13.0. The molecule has 2 aromatic carbocycles. The minimum absolute atomic E-state index is 0.132. The molecule has 0 aliphatic heterocycles. The summed E-state index contributed by atoms with van der Waals surface area (Å²) in [5, 5.41) is 2.64. The van der Waals surface area contributed by atoms with Crippen molar-refractivity contribution < 1.29 is 23.1 Å². The summed E-state index contributed by atoms with van der Waals surface area (Å²) in [6.45, 7) is 1.77. The summed E-state index contributed by atoms with van der Waals surface area (Å²) in [7, 11) is 0. The van der Waals surface area contributed by atoms with Crippen molar-refractivity contribution in [2.75, 3.05) is 6.54 Å². The van der Waals surface area contributed by atoms with Gasteiger partial charge in [0.25, 0.3) is 5.91 Å². The molecule has 2 aromatic rings. The van der Waals surface area contributed by atoms with Gasteiger partial charge in [-0.25, -0.2) is 13.6 Å². The molecule has 0 saturated heterocycles. The van der Waals surface area contributed by atoms with Gasteiger partial charge in [-0.2, -0.15) is 0 Å². The lowest BCUT2D eigenvalue weighted by Gasteiger charge is -2.14. The largest absolute Gasteiger partial charge is 0.449 e. The molecule has 0 heterocycles. The van der Waals surface area contributed by atoms with Crippen molar-refractivity contribution in [2.24, 2.45) is 0 Å². The summed E-state index contributed by atoms with van der Waals surface area (Å²) in [5.41, 5.74) is 1.01. The molecule has 0 bridgehead atoms. The lowest BCUT2D eigenvalue weighted by Crippen LogP contribution is -2.37. The second-order valence-electron chi connectivity index (χ2n) is 5.34. The molecule has 1 N–H and O–H groups in total. The average molecular weight is 412 g/mol. The van der Waals surface area contributed by atoms with Gasteiger partial charge in [0.05, 0.1) is 5.56 Å². The van der Waals surface area contributed by atoms with Crippen LogP contribution in [0.1, 0.15) is 22.8 Å². The molecule has 1 amide bonds. The molecule has 25 heavy (non-hydrogen) atoms. The van der Waals surface area contributed by atoms with E-state index < -0.39 is 23.8 Å². The number of rotatable bonds is 6. The van der Waals surface area contributed by atoms with Crippen molar-refractivity contribution in [3.05, 3.63) is 69.7 Å². The highest BCUT2D eigenvalue weighted by Crippen LogP contribution is 2.19. The Bertz CT molecular complexity index is 765. The van der Waals surface area contributed by atoms with Crippen LogP contribution in [0.3, 0.4) is 0 Å². The fourth-order valence-electron chi connectivity index (χ4n) is 2.06. The van der Waals surface area contributed by atoms with Gasteiger partial charge in [-0.15, -0.1) is 0 Å². The summed E-state index contributed by atoms with van der Waals surface area (Å²) in [6.07, 6.45) is -0.478. The molecule has 1 atom stereocenters. The van der Waals surface area contributed by atoms with E-state index in [1.165, 1.54) is 25.1 Å². The van der Waals surface area contributed by atoms with E-state index in [0.717, 1.165) is 17.7 Å². The van der Waals surface area contributed by atoms with Crippen molar-refractivity contribution in [1.82, 2.24) is 5.32 Å². The Morgan fingerprint density at radius 3 is 2.40 bits per heavy atom. The Hall–Kier alpha value is -2.28. The highest BCUT2D eigenvalue weighted by atomic mass is 79.9. The number of esters is 1. The first kappa shape index (κ1) is 19.1. The third-order valence-corrected chi connectivity index (χ3v) is 4.09. The summed E-state index contributed by atoms with van der Waals surface area (Å²) in [6, 6.07) is 9.53. The first-order valence-corrected chi connectivity index (χ1v) is 8.34. The lowest BCUT2D eigenvalue weighted by molar-refractivity contribution is -0.129. The zero-order chi connectivity index (χ0) is 18.4. The molecule has 0 aliphatic carbocycles. The summed E-state index contributed by atoms with van der Waals surface area (Å²) in [5.74, 6) is -1.99. The molecule has 0 radical (unpaired) electrons. The number of nitrogens with one attached hydrogen (secondary N) is 1. The predicted molar refractivity (Wildman–Crippen MR) is 92.1 cm³/mol. The van der Waals surface area contributed by atoms with Crippen LogP contribution in [0.5, 0.6) is 0 Å². The van der Waals surface area contributed by atoms with Crippen molar-refractivity contribution in [3.63, 3.8) is 0 Å². The van der Waals surface area contributed by atoms with Crippen molar-refractivity contribution in [2.45, 2.75) is 19.4 Å². The van der Waals surface area contributed by atoms with Crippen LogP contribution < -0.4 is 5.32 Å². The van der Waals surface area contributed by atoms with E-state index in [1.54, 1.807) is 12.1 Å². The topological polar surface area (TPSA) is 55.4 Å². The minimum atomic E-state index is -1.00. The van der Waals surface area contributed by atoms with Crippen LogP contribution in [0.15, 0.2) is 46.9 Å². The third kappa shape index (κ3) is 5.63. The molecule has 7 heteroatoms. The third-order valence-electron chi connectivity index (χ3n) is 3.43. The number of benzene rings is 2. The molecule has 0 fully saturated rings. The summed E-state index contributed by atoms with van der Waals surface area (Å²) >= 11 is 3.08. The van der Waals surface area contributed by atoms with Crippen LogP contribution in [-0.2, 0) is 16.0 Å². The second kappa shape index (κ2) is 8.71. The van der Waals surface area contributed by atoms with Gasteiger partial charge in [0.15, 0.2) is 6.10 Å². The van der Waals surface area contributed by atoms with Gasteiger partial charge >= 0.3 is 5.97 Å². The van der Waals surface area contributed by atoms with E-state index in [9.17, 15) is 18.4 Å². The van der Waals surface area contributed by atoms with E-state index in [0.29, 0.717) is 13.0 Å². The highest BCUT2D eigenvalue weighted by molar-refractivity contribution is 9.10. The average Bonchev–Trinajstić information content (AvgIpc) is 2.56. The maximum Gasteiger partial charge on any atom is 0.340 e. The van der Waals surface area contributed by atoms with Crippen LogP contribution in [0.25, 0.3) is 0 Å². The van der Waals surface area contributed by atoms with E-state index in [2.05, 4.69) is 21.2 Å². The first-order valence-electron chi connectivity index (χ1n) is 7.55. The normalized spacial score (nSPS) is 11.7. The molecular weight excluding hydrogens is 396 g/mol. The van der Waals surface area contributed by atoms with Gasteiger partial charge in [-0.3, -0.25) is 4.79 Å². The zero-order valence-electron chi connectivity index (χ0n) is 13.4. The van der Waals surface area contributed by atoms with Crippen molar-refractivity contribution >= 4 is 27.8 Å². The number of hydrogen-bond donors (Lipinski definition) is 1. The Morgan fingerprint density at radius 1 is 1.12 bits per heavy atom. The monoisotopic (exact) mass is 411 g/mol. The number of amides is 1. The van der Waals surface area contributed by atoms with Crippen LogP contribution in [-0.4, -0.2) is 24.5 Å². The highest BCUT2D eigenvalue weighted by Gasteiger charge is 2.20. The number of carbonyl (C=O) groups excluding carboxylic acids is 2. The van der Waals surface area contributed by atoms with Crippen LogP contribution in [0.2, 0.25) is 0 Å². The molecule has 4 nitrogen and oxygen atoms in total. The Kier molecular flexibility index (Phi) is 6.64. The Morgan fingerprint density at radius 2 is 1.76 bits per heavy atom. The van der Waals surface area contributed by atoms with Gasteiger partial charge in [-0.1, -0.05) is 12.1 Å². The Balaban J connectivity index is 1.83. The van der Waals surface area contributed by atoms with Gasteiger partial charge in [0.1, 0.15) is 11.6 Å². The minimum Gasteiger partial charge on any atom is -0.449 e. The van der Waals surface area contributed by atoms with Gasteiger partial charge in [-0.05, 0) is 65.2 Å². The fourth-order valence-corrected chi connectivity index (χ4v) is 2.57. The number of halogens is 3. The van der Waals surface area contributed by atoms with Crippen LogP contribution >= 0.6 is 15.9 Å². The van der Waals surface area contributed by atoms with Crippen molar-refractivity contribution in [1.29, 1.82) is 0 Å². The molecule has 0 spiro atoms. The van der Waals surface area contributed by atoms with E-state index in [-0.39, 0.29) is 15.9 Å². The molecule has 0 aliphatic rings. The van der Waals surface area contributed by atoms with Gasteiger partial charge < -0.3 is 10.1 Å². The second-order valence-corrected chi connectivity index (χ2v) is 6.19. The molecular formula is C18H16BrF2NO3. The summed E-state index contributed by atoms with van der Waals surface area (Å²) in [4.78, 5) is 24.0. The molecule has 0 aromatic heterocycles. The smallest absolute Gasteiger partial charge is 0.340 e. The quantitative estimate of drug-likeness (QED) is 0.738. The first-order chi connectivity index (χ1) is 11.9. The molecule has 0 saturated carbocycles. The van der Waals surface area contributed by atoms with Crippen molar-refractivity contribution in [3.8, 4) is 0 Å². The number of hydrogen-bond acceptors (Lipinski definition) is 3. The standard InChI is InChI=1S/C18H16BrF2NO3/c1-11(25-18(24)15-7-6-14(21)10-16(15)19)17(23)22-9-8-12-2-4-13(20)5-3-12/h2-7,10-11H,8-9H2,1H3,(H,22,23)/t11-/m1/s1. The van der Waals surface area contributed by atoms with E-state index in [4.69, 9.17) is 4.74 Å². The molecule has 132 valence electrons. The van der Waals surface area contributed by atoms with Crippen LogP contribution in [0.4, 0.5) is 8.78 Å². The van der Waals surface area contributed by atoms with E-state index in [1.807, 2.05) is 0 Å². The van der Waals surface area contributed by atoms with E-state index >= 15 is 0 Å². The SMILES string of the molecule is C[C@@H](OC(=O)c1ccc(F)cc1Br)C(=O)NCCc1ccc(F)cc1. The molecule has 2 rings (SSSR count). The number of carbonyl (C=O) groups is 2. The molecule has 0 unspecified atom stereocenters. The fraction of sp³-hybridized carbons (Fsp3) is 0.222. The summed E-state index contributed by atoms with van der Waals surface area (Å²) < 4.78 is 31.2. The lowest BCUT2D eigenvalue weighted by atomic mass is 10.1. The Labute approximate surface area is 152 Å². The maximum absolute atomic E-state index is 13.0. The zero-order valence-corrected chi connectivity index (χ0v) is 15.0. The number of ether oxygens (including phenoxy) is 1. The predicted octanol–water partition coefficient (Wildman–Crippen LogP) is 3.63. The van der Waals surface area contributed by atoms with Crippen LogP contribution in [0, 0.1) is 11.6 Å².